The molecule has 5 heteroatoms. The van der Waals surface area contributed by atoms with Crippen molar-refractivity contribution in [2.45, 2.75) is 46.1 Å². The van der Waals surface area contributed by atoms with Crippen LogP contribution in [0, 0.1) is 11.8 Å². The zero-order valence-corrected chi connectivity index (χ0v) is 11.6. The van der Waals surface area contributed by atoms with Crippen LogP contribution in [-0.2, 0) is 9.53 Å². The molecule has 0 saturated carbocycles. The zero-order valence-electron chi connectivity index (χ0n) is 11.6. The highest BCUT2D eigenvalue weighted by Gasteiger charge is 2.36. The molecule has 0 radical (unpaired) electrons. The number of carboxylic acids is 1. The van der Waals surface area contributed by atoms with Crippen LogP contribution in [0.15, 0.2) is 0 Å². The molecule has 0 spiro atoms. The second kappa shape index (κ2) is 5.59. The first-order valence-electron chi connectivity index (χ1n) is 6.39. The number of aliphatic carboxylic acids is 1. The lowest BCUT2D eigenvalue weighted by Gasteiger charge is -2.42. The third-order valence-corrected chi connectivity index (χ3v) is 3.18. The summed E-state index contributed by atoms with van der Waals surface area (Å²) in [5.41, 5.74) is -0.461. The third kappa shape index (κ3) is 4.55. The Hall–Kier alpha value is -1.26. The molecule has 1 aliphatic rings. The molecule has 1 heterocycles. The van der Waals surface area contributed by atoms with Crippen molar-refractivity contribution >= 4 is 12.1 Å². The monoisotopic (exact) mass is 257 g/mol. The van der Waals surface area contributed by atoms with Crippen LogP contribution in [-0.4, -0.2) is 40.8 Å². The number of hydrogen-bond acceptors (Lipinski definition) is 3. The van der Waals surface area contributed by atoms with Crippen molar-refractivity contribution in [1.29, 1.82) is 0 Å². The molecule has 1 saturated heterocycles. The Morgan fingerprint density at radius 3 is 2.39 bits per heavy atom. The predicted molar refractivity (Wildman–Crippen MR) is 67.3 cm³/mol. The van der Waals surface area contributed by atoms with Gasteiger partial charge in [0.1, 0.15) is 5.60 Å². The van der Waals surface area contributed by atoms with Gasteiger partial charge in [-0.25, -0.2) is 4.79 Å². The van der Waals surface area contributed by atoms with Crippen molar-refractivity contribution < 1.29 is 19.4 Å². The maximum absolute atomic E-state index is 11.7. The lowest BCUT2D eigenvalue weighted by Crippen LogP contribution is -2.53. The summed E-state index contributed by atoms with van der Waals surface area (Å²) < 4.78 is 5.26. The van der Waals surface area contributed by atoms with E-state index in [1.165, 1.54) is 0 Å². The molecule has 1 N–H and O–H groups in total. The molecular formula is C13H23NO4. The summed E-state index contributed by atoms with van der Waals surface area (Å²) in [6, 6.07) is 0. The van der Waals surface area contributed by atoms with Gasteiger partial charge in [0.15, 0.2) is 0 Å². The number of ether oxygens (including phenoxy) is 1. The molecule has 0 aromatic carbocycles. The maximum atomic E-state index is 11.7. The highest BCUT2D eigenvalue weighted by atomic mass is 16.6. The fourth-order valence-electron chi connectivity index (χ4n) is 1.93. The van der Waals surface area contributed by atoms with E-state index in [0.29, 0.717) is 31.3 Å². The summed E-state index contributed by atoms with van der Waals surface area (Å²) in [7, 11) is 0. The minimum absolute atomic E-state index is 0.199. The maximum Gasteiger partial charge on any atom is 0.410 e. The van der Waals surface area contributed by atoms with Gasteiger partial charge in [-0.2, -0.15) is 0 Å². The van der Waals surface area contributed by atoms with Gasteiger partial charge < -0.3 is 14.7 Å². The molecule has 0 aromatic rings. The third-order valence-electron chi connectivity index (χ3n) is 3.18. The number of carbonyl (C=O) groups excluding carboxylic acids is 1. The van der Waals surface area contributed by atoms with E-state index in [-0.39, 0.29) is 12.5 Å². The van der Waals surface area contributed by atoms with Crippen LogP contribution in [0.3, 0.4) is 0 Å². The van der Waals surface area contributed by atoms with Gasteiger partial charge in [-0.15, -0.1) is 0 Å². The van der Waals surface area contributed by atoms with Gasteiger partial charge in [0.2, 0.25) is 0 Å². The van der Waals surface area contributed by atoms with E-state index in [1.54, 1.807) is 4.90 Å². The van der Waals surface area contributed by atoms with Gasteiger partial charge in [-0.1, -0.05) is 6.92 Å². The molecule has 104 valence electrons. The summed E-state index contributed by atoms with van der Waals surface area (Å²) in [5, 5.41) is 8.62. The number of hydrogen-bond donors (Lipinski definition) is 1. The Balaban J connectivity index is 2.26. The highest BCUT2D eigenvalue weighted by Crippen LogP contribution is 2.28. The first-order valence-corrected chi connectivity index (χ1v) is 6.39. The smallest absolute Gasteiger partial charge is 0.410 e. The molecule has 5 nitrogen and oxygen atoms in total. The van der Waals surface area contributed by atoms with Crippen LogP contribution in [0.4, 0.5) is 4.79 Å². The highest BCUT2D eigenvalue weighted by molar-refractivity contribution is 5.69. The molecule has 0 aliphatic carbocycles. The Labute approximate surface area is 108 Å². The number of rotatable bonds is 4. The Morgan fingerprint density at radius 1 is 1.39 bits per heavy atom. The minimum atomic E-state index is -0.759. The van der Waals surface area contributed by atoms with Crippen LogP contribution in [0.25, 0.3) is 0 Å². The number of nitrogens with zero attached hydrogens (tertiary/aromatic N) is 1. The summed E-state index contributed by atoms with van der Waals surface area (Å²) in [6.45, 7) is 8.93. The lowest BCUT2D eigenvalue weighted by molar-refractivity contribution is -0.137. The molecule has 1 unspecified atom stereocenters. The molecular weight excluding hydrogens is 234 g/mol. The summed E-state index contributed by atoms with van der Waals surface area (Å²) in [6.07, 6.45) is 0.593. The number of amides is 1. The van der Waals surface area contributed by atoms with Gasteiger partial charge in [0.25, 0.3) is 0 Å². The van der Waals surface area contributed by atoms with E-state index < -0.39 is 11.6 Å². The minimum Gasteiger partial charge on any atom is -0.481 e. The first-order chi connectivity index (χ1) is 8.19. The van der Waals surface area contributed by atoms with Gasteiger partial charge in [-0.05, 0) is 39.0 Å². The molecule has 0 aromatic heterocycles. The SMILES string of the molecule is CC(CCC(=O)O)C1CN(C(=O)OC(C)(C)C)C1. The summed E-state index contributed by atoms with van der Waals surface area (Å²) in [5.74, 6) is -0.0261. The van der Waals surface area contributed by atoms with Crippen molar-refractivity contribution in [2.24, 2.45) is 11.8 Å². The van der Waals surface area contributed by atoms with E-state index in [9.17, 15) is 9.59 Å². The van der Waals surface area contributed by atoms with Crippen LogP contribution in [0.2, 0.25) is 0 Å². The second-order valence-corrected chi connectivity index (χ2v) is 6.06. The fourth-order valence-corrected chi connectivity index (χ4v) is 1.93. The molecule has 1 fully saturated rings. The fraction of sp³-hybridized carbons (Fsp3) is 0.846. The van der Waals surface area contributed by atoms with E-state index in [1.807, 2.05) is 27.7 Å². The van der Waals surface area contributed by atoms with Crippen LogP contribution >= 0.6 is 0 Å². The van der Waals surface area contributed by atoms with Crippen molar-refractivity contribution in [3.8, 4) is 0 Å². The van der Waals surface area contributed by atoms with Crippen molar-refractivity contribution in [3.05, 3.63) is 0 Å². The standard InChI is InChI=1S/C13H23NO4/c1-9(5-6-11(15)16)10-7-14(8-10)12(17)18-13(2,3)4/h9-10H,5-8H2,1-4H3,(H,15,16). The Kier molecular flexibility index (Phi) is 4.59. The van der Waals surface area contributed by atoms with Crippen LogP contribution in [0.1, 0.15) is 40.5 Å². The molecule has 18 heavy (non-hydrogen) atoms. The summed E-state index contributed by atoms with van der Waals surface area (Å²) in [4.78, 5) is 23.8. The van der Waals surface area contributed by atoms with Crippen molar-refractivity contribution in [3.63, 3.8) is 0 Å². The van der Waals surface area contributed by atoms with E-state index in [2.05, 4.69) is 0 Å². The van der Waals surface area contributed by atoms with Gasteiger partial charge in [0, 0.05) is 19.5 Å². The molecule has 0 bridgehead atoms. The van der Waals surface area contributed by atoms with Gasteiger partial charge >= 0.3 is 12.1 Å². The molecule has 1 rings (SSSR count). The summed E-state index contributed by atoms with van der Waals surface area (Å²) >= 11 is 0. The predicted octanol–water partition coefficient (Wildman–Crippen LogP) is 2.35. The van der Waals surface area contributed by atoms with Crippen LogP contribution < -0.4 is 0 Å². The first kappa shape index (κ1) is 14.8. The molecule has 1 aliphatic heterocycles. The van der Waals surface area contributed by atoms with Crippen LogP contribution in [0.5, 0.6) is 0 Å². The Bertz CT molecular complexity index is 315. The van der Waals surface area contributed by atoms with E-state index >= 15 is 0 Å². The van der Waals surface area contributed by atoms with Crippen molar-refractivity contribution in [1.82, 2.24) is 4.90 Å². The number of carbonyl (C=O) groups is 2. The number of likely N-dealkylation sites (tertiary alicyclic amines) is 1. The molecule has 1 atom stereocenters. The zero-order chi connectivity index (χ0) is 13.9. The largest absolute Gasteiger partial charge is 0.481 e. The topological polar surface area (TPSA) is 66.8 Å². The number of carboxylic acid groups (broad SMARTS) is 1. The average molecular weight is 257 g/mol. The van der Waals surface area contributed by atoms with Gasteiger partial charge in [-0.3, -0.25) is 4.79 Å². The second-order valence-electron chi connectivity index (χ2n) is 6.06. The normalized spacial score (nSPS) is 18.1. The Morgan fingerprint density at radius 2 is 1.94 bits per heavy atom. The van der Waals surface area contributed by atoms with E-state index in [0.717, 1.165) is 0 Å². The van der Waals surface area contributed by atoms with E-state index in [4.69, 9.17) is 9.84 Å². The lowest BCUT2D eigenvalue weighted by atomic mass is 9.84. The van der Waals surface area contributed by atoms with Crippen molar-refractivity contribution in [2.75, 3.05) is 13.1 Å². The quantitative estimate of drug-likeness (QED) is 0.839. The average Bonchev–Trinajstić information content (AvgIpc) is 2.08. The van der Waals surface area contributed by atoms with Gasteiger partial charge in [0.05, 0.1) is 0 Å². The molecule has 1 amide bonds.